The number of ether oxygens (including phenoxy) is 2. The number of carboxylic acid groups (broad SMARTS) is 1. The Labute approximate surface area is 229 Å². The number of hydrogen-bond donors (Lipinski definition) is 2. The van der Waals surface area contributed by atoms with Gasteiger partial charge in [0.25, 0.3) is 17.5 Å². The number of carbonyl (C=O) groups is 4. The molecule has 0 radical (unpaired) electrons. The summed E-state index contributed by atoms with van der Waals surface area (Å²) in [4.78, 5) is 67.2. The number of nitrogens with one attached hydrogen (secondary N) is 1. The second kappa shape index (κ2) is 12.4. The number of rotatable bonds is 8. The molecule has 0 aromatic heterocycles. The summed E-state index contributed by atoms with van der Waals surface area (Å²) in [6.45, 7) is 1.38. The molecule has 0 aliphatic carbocycles. The molecule has 14 heteroatoms. The van der Waals surface area contributed by atoms with Gasteiger partial charge in [-0.2, -0.15) is 0 Å². The second-order valence-corrected chi connectivity index (χ2v) is 9.19. The smallest absolute Gasteiger partial charge is 0.322 e. The van der Waals surface area contributed by atoms with E-state index >= 15 is 0 Å². The molecule has 2 fully saturated rings. The van der Waals surface area contributed by atoms with Crippen LogP contribution in [-0.2, 0) is 14.3 Å². The van der Waals surface area contributed by atoms with Gasteiger partial charge in [0.15, 0.2) is 6.17 Å². The van der Waals surface area contributed by atoms with Crippen molar-refractivity contribution in [1.82, 2.24) is 20.0 Å². The highest BCUT2D eigenvalue weighted by Gasteiger charge is 2.45. The summed E-state index contributed by atoms with van der Waals surface area (Å²) in [6.07, 6.45) is -1.98. The molecule has 2 saturated heterocycles. The third-order valence-corrected chi connectivity index (χ3v) is 6.69. The van der Waals surface area contributed by atoms with Gasteiger partial charge >= 0.3 is 12.0 Å². The molecular formula is C26H29N5O9. The van der Waals surface area contributed by atoms with E-state index in [-0.39, 0.29) is 29.9 Å². The van der Waals surface area contributed by atoms with E-state index in [1.807, 2.05) is 0 Å². The highest BCUT2D eigenvalue weighted by molar-refractivity contribution is 5.99. The number of aliphatic carboxylic acids is 1. The predicted octanol–water partition coefficient (Wildman–Crippen LogP) is 1.47. The first kappa shape index (κ1) is 28.3. The number of hydrogen-bond acceptors (Lipinski definition) is 8. The molecule has 2 aliphatic heterocycles. The average Bonchev–Trinajstić information content (AvgIpc) is 3.41. The van der Waals surface area contributed by atoms with Crippen LogP contribution in [-0.4, -0.2) is 101 Å². The number of methoxy groups -OCH3 is 1. The summed E-state index contributed by atoms with van der Waals surface area (Å²) < 4.78 is 10.5. The molecule has 0 bridgehead atoms. The Kier molecular flexibility index (Phi) is 8.79. The van der Waals surface area contributed by atoms with E-state index in [0.717, 1.165) is 0 Å². The number of urea groups is 1. The van der Waals surface area contributed by atoms with Crippen molar-refractivity contribution in [2.24, 2.45) is 0 Å². The van der Waals surface area contributed by atoms with Gasteiger partial charge in [0.05, 0.1) is 37.7 Å². The Bertz CT molecular complexity index is 1300. The van der Waals surface area contributed by atoms with Gasteiger partial charge in [-0.3, -0.25) is 29.4 Å². The van der Waals surface area contributed by atoms with E-state index < -0.39 is 47.4 Å². The fourth-order valence-corrected chi connectivity index (χ4v) is 4.71. The zero-order valence-corrected chi connectivity index (χ0v) is 21.7. The molecule has 0 saturated carbocycles. The normalized spacial score (nSPS) is 17.7. The van der Waals surface area contributed by atoms with Crippen LogP contribution in [0.2, 0.25) is 0 Å². The Morgan fingerprint density at radius 1 is 1.07 bits per heavy atom. The first-order valence-corrected chi connectivity index (χ1v) is 12.5. The molecule has 14 nitrogen and oxygen atoms in total. The summed E-state index contributed by atoms with van der Waals surface area (Å²) in [5.41, 5.74) is 0.153. The number of nitro groups is 1. The molecule has 2 unspecified atom stereocenters. The maximum absolute atomic E-state index is 13.8. The molecule has 4 amide bonds. The summed E-state index contributed by atoms with van der Waals surface area (Å²) >= 11 is 0. The van der Waals surface area contributed by atoms with Crippen molar-refractivity contribution in [3.8, 4) is 5.75 Å². The fourth-order valence-electron chi connectivity index (χ4n) is 4.71. The van der Waals surface area contributed by atoms with Crippen molar-refractivity contribution < 1.29 is 38.7 Å². The van der Waals surface area contributed by atoms with E-state index in [4.69, 9.17) is 9.47 Å². The van der Waals surface area contributed by atoms with E-state index in [9.17, 15) is 34.4 Å². The van der Waals surface area contributed by atoms with E-state index in [2.05, 4.69) is 5.32 Å². The molecule has 212 valence electrons. The van der Waals surface area contributed by atoms with E-state index in [0.29, 0.717) is 32.1 Å². The number of nitro benzene ring substituents is 1. The zero-order chi connectivity index (χ0) is 28.8. The zero-order valence-electron chi connectivity index (χ0n) is 21.7. The molecular weight excluding hydrogens is 526 g/mol. The van der Waals surface area contributed by atoms with Crippen LogP contribution in [0, 0.1) is 10.1 Å². The SMILES string of the molecule is COc1cccc(C(=O)N2CCN(C(=O)N3CCOCC3)C2C(=O)NC(CC(=O)O)c2cccc([N+](=O)[O-])c2)c1. The van der Waals surface area contributed by atoms with Gasteiger partial charge in [-0.1, -0.05) is 18.2 Å². The standard InChI is InChI=1S/C26H29N5O9/c1-39-20-7-3-5-18(15-20)25(35)29-8-9-30(26(36)28-10-12-40-13-11-28)24(29)23(34)27-21(16-22(32)33)17-4-2-6-19(14-17)31(37)38/h2-7,14-15,21,24H,8-13,16H2,1H3,(H,27,34)(H,32,33). The maximum Gasteiger partial charge on any atom is 0.322 e. The molecule has 40 heavy (non-hydrogen) atoms. The summed E-state index contributed by atoms with van der Waals surface area (Å²) in [5.74, 6) is -2.15. The van der Waals surface area contributed by atoms with Gasteiger partial charge < -0.3 is 29.7 Å². The lowest BCUT2D eigenvalue weighted by molar-refractivity contribution is -0.384. The lowest BCUT2D eigenvalue weighted by Crippen LogP contribution is -2.57. The van der Waals surface area contributed by atoms with Gasteiger partial charge in [0.2, 0.25) is 0 Å². The van der Waals surface area contributed by atoms with Crippen LogP contribution < -0.4 is 10.1 Å². The molecule has 0 spiro atoms. The maximum atomic E-state index is 13.8. The lowest BCUT2D eigenvalue weighted by Gasteiger charge is -2.35. The Morgan fingerprint density at radius 2 is 1.77 bits per heavy atom. The van der Waals surface area contributed by atoms with Crippen molar-refractivity contribution in [3.63, 3.8) is 0 Å². The first-order chi connectivity index (χ1) is 19.2. The third-order valence-electron chi connectivity index (χ3n) is 6.69. The molecule has 2 aromatic carbocycles. The summed E-state index contributed by atoms with van der Waals surface area (Å²) in [5, 5.41) is 23.4. The minimum Gasteiger partial charge on any atom is -0.497 e. The van der Waals surface area contributed by atoms with Gasteiger partial charge in [-0.05, 0) is 23.8 Å². The molecule has 2 N–H and O–H groups in total. The monoisotopic (exact) mass is 555 g/mol. The lowest BCUT2D eigenvalue weighted by atomic mass is 10.0. The molecule has 4 rings (SSSR count). The highest BCUT2D eigenvalue weighted by atomic mass is 16.6. The molecule has 2 aliphatic rings. The van der Waals surface area contributed by atoms with Crippen molar-refractivity contribution in [2.75, 3.05) is 46.5 Å². The van der Waals surface area contributed by atoms with E-state index in [1.165, 1.54) is 52.1 Å². The van der Waals surface area contributed by atoms with Gasteiger partial charge in [-0.25, -0.2) is 4.79 Å². The van der Waals surface area contributed by atoms with Crippen molar-refractivity contribution in [2.45, 2.75) is 18.6 Å². The summed E-state index contributed by atoms with van der Waals surface area (Å²) in [6, 6.07) is 10.0. The first-order valence-electron chi connectivity index (χ1n) is 12.5. The van der Waals surface area contributed by atoms with Crippen molar-refractivity contribution in [1.29, 1.82) is 0 Å². The number of non-ortho nitro benzene ring substituents is 1. The van der Waals surface area contributed by atoms with Gasteiger partial charge in [0.1, 0.15) is 5.75 Å². The van der Waals surface area contributed by atoms with Crippen LogP contribution in [0.25, 0.3) is 0 Å². The Morgan fingerprint density at radius 3 is 2.45 bits per heavy atom. The largest absolute Gasteiger partial charge is 0.497 e. The van der Waals surface area contributed by atoms with Gasteiger partial charge in [0, 0.05) is 43.9 Å². The molecule has 2 heterocycles. The second-order valence-electron chi connectivity index (χ2n) is 9.19. The van der Waals surface area contributed by atoms with Crippen molar-refractivity contribution in [3.05, 3.63) is 69.8 Å². The number of amides is 4. The minimum absolute atomic E-state index is 0.0462. The summed E-state index contributed by atoms with van der Waals surface area (Å²) in [7, 11) is 1.45. The average molecular weight is 556 g/mol. The number of benzene rings is 2. The minimum atomic E-state index is -1.40. The van der Waals surface area contributed by atoms with Crippen LogP contribution in [0.15, 0.2) is 48.5 Å². The van der Waals surface area contributed by atoms with Crippen LogP contribution in [0.4, 0.5) is 10.5 Å². The van der Waals surface area contributed by atoms with Crippen molar-refractivity contribution >= 4 is 29.5 Å². The number of carbonyl (C=O) groups excluding carboxylic acids is 3. The van der Waals surface area contributed by atoms with Crippen LogP contribution in [0.3, 0.4) is 0 Å². The number of morpholine rings is 1. The Balaban J connectivity index is 1.66. The molecule has 2 atom stereocenters. The number of nitrogens with zero attached hydrogens (tertiary/aromatic N) is 4. The Hall–Kier alpha value is -4.72. The van der Waals surface area contributed by atoms with Gasteiger partial charge in [-0.15, -0.1) is 0 Å². The number of carboxylic acids is 1. The van der Waals surface area contributed by atoms with Crippen LogP contribution in [0.1, 0.15) is 28.4 Å². The quantitative estimate of drug-likeness (QED) is 0.361. The molecule has 2 aromatic rings. The predicted molar refractivity (Wildman–Crippen MR) is 139 cm³/mol. The van der Waals surface area contributed by atoms with Crippen LogP contribution in [0.5, 0.6) is 5.75 Å². The topological polar surface area (TPSA) is 172 Å². The third kappa shape index (κ3) is 6.29. The van der Waals surface area contributed by atoms with Crippen LogP contribution >= 0.6 is 0 Å². The highest BCUT2D eigenvalue weighted by Crippen LogP contribution is 2.26. The fraction of sp³-hybridized carbons (Fsp3) is 0.385. The van der Waals surface area contributed by atoms with E-state index in [1.54, 1.807) is 18.2 Å².